The number of rotatable bonds is 4. The van der Waals surface area contributed by atoms with Gasteiger partial charge in [0.05, 0.1) is 17.7 Å². The van der Waals surface area contributed by atoms with E-state index in [9.17, 15) is 4.79 Å². The van der Waals surface area contributed by atoms with Crippen molar-refractivity contribution in [3.63, 3.8) is 0 Å². The first-order valence-corrected chi connectivity index (χ1v) is 6.26. The normalized spacial score (nSPS) is 19.1. The average Bonchev–Trinajstić information content (AvgIpc) is 2.35. The molecule has 0 N–H and O–H groups in total. The number of ether oxygens (including phenoxy) is 1. The molecule has 3 nitrogen and oxygen atoms in total. The molecule has 1 aliphatic carbocycles. The lowest BCUT2D eigenvalue weighted by Gasteiger charge is -2.23. The standard InChI is InChI=1S/C14H19NO2/c1-10(2)17-9-13(16)12-7-3-5-11-6-4-8-15-14(11)12/h4,6,8,10,12H,3,5,7,9H2,1-2H3. The van der Waals surface area contributed by atoms with E-state index in [0.29, 0.717) is 0 Å². The number of nitrogens with zero attached hydrogens (tertiary/aromatic N) is 1. The number of ketones is 1. The van der Waals surface area contributed by atoms with Crippen LogP contribution in [0.4, 0.5) is 0 Å². The summed E-state index contributed by atoms with van der Waals surface area (Å²) in [6, 6.07) is 4.02. The Morgan fingerprint density at radius 2 is 2.41 bits per heavy atom. The summed E-state index contributed by atoms with van der Waals surface area (Å²) in [5.41, 5.74) is 2.19. The monoisotopic (exact) mass is 233 g/mol. The zero-order valence-corrected chi connectivity index (χ0v) is 10.5. The Labute approximate surface area is 102 Å². The Balaban J connectivity index is 2.10. The van der Waals surface area contributed by atoms with Gasteiger partial charge in [0, 0.05) is 6.20 Å². The minimum Gasteiger partial charge on any atom is -0.371 e. The lowest BCUT2D eigenvalue weighted by Crippen LogP contribution is -2.24. The molecule has 92 valence electrons. The van der Waals surface area contributed by atoms with Gasteiger partial charge in [0.2, 0.25) is 0 Å². The Bertz CT molecular complexity index is 401. The van der Waals surface area contributed by atoms with Gasteiger partial charge in [0.15, 0.2) is 5.78 Å². The minimum absolute atomic E-state index is 0.0568. The van der Waals surface area contributed by atoms with E-state index >= 15 is 0 Å². The topological polar surface area (TPSA) is 39.2 Å². The van der Waals surface area contributed by atoms with E-state index in [0.717, 1.165) is 25.0 Å². The van der Waals surface area contributed by atoms with Crippen molar-refractivity contribution in [2.45, 2.75) is 45.1 Å². The molecule has 1 aromatic heterocycles. The quantitative estimate of drug-likeness (QED) is 0.802. The summed E-state index contributed by atoms with van der Waals surface area (Å²) in [5.74, 6) is 0.108. The maximum absolute atomic E-state index is 12.1. The fraction of sp³-hybridized carbons (Fsp3) is 0.571. The summed E-state index contributed by atoms with van der Waals surface area (Å²) in [5, 5.41) is 0. The molecule has 0 radical (unpaired) electrons. The SMILES string of the molecule is CC(C)OCC(=O)C1CCCc2cccnc21. The molecule has 1 aliphatic rings. The van der Waals surface area contributed by atoms with E-state index in [1.165, 1.54) is 5.56 Å². The predicted molar refractivity (Wildman–Crippen MR) is 66.0 cm³/mol. The van der Waals surface area contributed by atoms with Gasteiger partial charge in [0.1, 0.15) is 6.61 Å². The van der Waals surface area contributed by atoms with Gasteiger partial charge in [-0.05, 0) is 44.7 Å². The molecule has 0 amide bonds. The van der Waals surface area contributed by atoms with Crippen LogP contribution in [0.3, 0.4) is 0 Å². The maximum Gasteiger partial charge on any atom is 0.167 e. The van der Waals surface area contributed by atoms with Crippen molar-refractivity contribution in [3.8, 4) is 0 Å². The summed E-state index contributed by atoms with van der Waals surface area (Å²) in [4.78, 5) is 16.5. The molecule has 1 heterocycles. The number of carbonyl (C=O) groups is 1. The van der Waals surface area contributed by atoms with Crippen LogP contribution in [0.1, 0.15) is 43.9 Å². The van der Waals surface area contributed by atoms with Gasteiger partial charge >= 0.3 is 0 Å². The molecule has 0 saturated heterocycles. The first-order chi connectivity index (χ1) is 8.18. The third-order valence-corrected chi connectivity index (χ3v) is 3.14. The van der Waals surface area contributed by atoms with E-state index in [2.05, 4.69) is 11.1 Å². The number of hydrogen-bond donors (Lipinski definition) is 0. The summed E-state index contributed by atoms with van der Waals surface area (Å²) >= 11 is 0. The molecular formula is C14H19NO2. The number of pyridine rings is 1. The molecule has 1 unspecified atom stereocenters. The Hall–Kier alpha value is -1.22. The number of hydrogen-bond acceptors (Lipinski definition) is 3. The highest BCUT2D eigenvalue weighted by Crippen LogP contribution is 2.30. The summed E-state index contributed by atoms with van der Waals surface area (Å²) < 4.78 is 5.39. The molecule has 0 bridgehead atoms. The van der Waals surface area contributed by atoms with Crippen molar-refractivity contribution < 1.29 is 9.53 Å². The van der Waals surface area contributed by atoms with Crippen molar-refractivity contribution in [2.24, 2.45) is 0 Å². The minimum atomic E-state index is -0.0568. The van der Waals surface area contributed by atoms with Gasteiger partial charge in [0.25, 0.3) is 0 Å². The van der Waals surface area contributed by atoms with Crippen LogP contribution in [0.5, 0.6) is 0 Å². The Morgan fingerprint density at radius 3 is 3.18 bits per heavy atom. The summed E-state index contributed by atoms with van der Waals surface area (Å²) in [6.45, 7) is 4.10. The third-order valence-electron chi connectivity index (χ3n) is 3.14. The fourth-order valence-corrected chi connectivity index (χ4v) is 2.27. The van der Waals surface area contributed by atoms with Gasteiger partial charge in [-0.25, -0.2) is 0 Å². The second kappa shape index (κ2) is 5.41. The second-order valence-corrected chi connectivity index (χ2v) is 4.82. The van der Waals surface area contributed by atoms with E-state index in [1.54, 1.807) is 6.20 Å². The highest BCUT2D eigenvalue weighted by molar-refractivity contribution is 5.87. The number of aryl methyl sites for hydroxylation is 1. The summed E-state index contributed by atoms with van der Waals surface area (Å²) in [7, 11) is 0. The molecular weight excluding hydrogens is 214 g/mol. The van der Waals surface area contributed by atoms with Crippen LogP contribution in [-0.2, 0) is 16.0 Å². The van der Waals surface area contributed by atoms with E-state index in [1.807, 2.05) is 19.9 Å². The van der Waals surface area contributed by atoms with Crippen LogP contribution in [0.15, 0.2) is 18.3 Å². The lowest BCUT2D eigenvalue weighted by molar-refractivity contribution is -0.126. The van der Waals surface area contributed by atoms with Crippen LogP contribution >= 0.6 is 0 Å². The molecule has 2 rings (SSSR count). The molecule has 1 atom stereocenters. The zero-order valence-electron chi connectivity index (χ0n) is 10.5. The van der Waals surface area contributed by atoms with Crippen LogP contribution in [0, 0.1) is 0 Å². The number of fused-ring (bicyclic) bond motifs is 1. The summed E-state index contributed by atoms with van der Waals surface area (Å²) in [6.07, 6.45) is 4.89. The smallest absolute Gasteiger partial charge is 0.167 e. The van der Waals surface area contributed by atoms with Gasteiger partial charge in [-0.3, -0.25) is 9.78 Å². The molecule has 0 aromatic carbocycles. The largest absolute Gasteiger partial charge is 0.371 e. The predicted octanol–water partition coefficient (Wildman–Crippen LogP) is 2.50. The van der Waals surface area contributed by atoms with Crippen LogP contribution in [0.25, 0.3) is 0 Å². The van der Waals surface area contributed by atoms with Crippen LogP contribution < -0.4 is 0 Å². The van der Waals surface area contributed by atoms with Crippen LogP contribution in [-0.4, -0.2) is 23.5 Å². The number of aromatic nitrogens is 1. The van der Waals surface area contributed by atoms with E-state index in [4.69, 9.17) is 4.74 Å². The molecule has 0 aliphatic heterocycles. The molecule has 0 fully saturated rings. The molecule has 0 saturated carbocycles. The van der Waals surface area contributed by atoms with Gasteiger partial charge in [-0.2, -0.15) is 0 Å². The lowest BCUT2D eigenvalue weighted by atomic mass is 9.84. The molecule has 17 heavy (non-hydrogen) atoms. The van der Waals surface area contributed by atoms with Crippen LogP contribution in [0.2, 0.25) is 0 Å². The van der Waals surface area contributed by atoms with Gasteiger partial charge in [-0.1, -0.05) is 6.07 Å². The molecule has 1 aromatic rings. The maximum atomic E-state index is 12.1. The first kappa shape index (κ1) is 12.2. The fourth-order valence-electron chi connectivity index (χ4n) is 2.27. The van der Waals surface area contributed by atoms with Crippen molar-refractivity contribution in [2.75, 3.05) is 6.61 Å². The number of carbonyl (C=O) groups excluding carboxylic acids is 1. The number of Topliss-reactive ketones (excluding diaryl/α,β-unsaturated/α-hetero) is 1. The van der Waals surface area contributed by atoms with Crippen molar-refractivity contribution >= 4 is 5.78 Å². The highest BCUT2D eigenvalue weighted by Gasteiger charge is 2.27. The zero-order chi connectivity index (χ0) is 12.3. The Morgan fingerprint density at radius 1 is 1.59 bits per heavy atom. The molecule has 3 heteroatoms. The Kier molecular flexibility index (Phi) is 3.89. The third kappa shape index (κ3) is 2.91. The average molecular weight is 233 g/mol. The van der Waals surface area contributed by atoms with Crippen molar-refractivity contribution in [3.05, 3.63) is 29.6 Å². The second-order valence-electron chi connectivity index (χ2n) is 4.82. The first-order valence-electron chi connectivity index (χ1n) is 6.26. The van der Waals surface area contributed by atoms with Crippen molar-refractivity contribution in [1.29, 1.82) is 0 Å². The van der Waals surface area contributed by atoms with Gasteiger partial charge in [-0.15, -0.1) is 0 Å². The molecule has 0 spiro atoms. The van der Waals surface area contributed by atoms with Crippen molar-refractivity contribution in [1.82, 2.24) is 4.98 Å². The van der Waals surface area contributed by atoms with E-state index in [-0.39, 0.29) is 24.4 Å². The van der Waals surface area contributed by atoms with Gasteiger partial charge < -0.3 is 4.74 Å². The van der Waals surface area contributed by atoms with E-state index < -0.39 is 0 Å². The highest BCUT2D eigenvalue weighted by atomic mass is 16.5.